The molecule has 2 aromatic carbocycles. The molecule has 1 aliphatic carbocycles. The lowest BCUT2D eigenvalue weighted by Gasteiger charge is -2.21. The second kappa shape index (κ2) is 7.59. The van der Waals surface area contributed by atoms with E-state index in [2.05, 4.69) is 23.5 Å². The molecule has 2 aliphatic rings. The van der Waals surface area contributed by atoms with Gasteiger partial charge in [-0.25, -0.2) is 8.42 Å². The zero-order chi connectivity index (χ0) is 19.7. The van der Waals surface area contributed by atoms with Crippen molar-refractivity contribution in [1.82, 2.24) is 5.32 Å². The fourth-order valence-corrected chi connectivity index (χ4v) is 5.67. The molecule has 1 N–H and O–H groups in total. The lowest BCUT2D eigenvalue weighted by molar-refractivity contribution is 0.0940. The Hall–Kier alpha value is -2.34. The van der Waals surface area contributed by atoms with E-state index in [1.807, 2.05) is 6.92 Å². The minimum atomic E-state index is -3.26. The van der Waals surface area contributed by atoms with Crippen LogP contribution in [0.4, 0.5) is 5.69 Å². The van der Waals surface area contributed by atoms with Gasteiger partial charge >= 0.3 is 0 Å². The minimum absolute atomic E-state index is 0.112. The smallest absolute Gasteiger partial charge is 0.251 e. The first-order chi connectivity index (χ1) is 13.4. The summed E-state index contributed by atoms with van der Waals surface area (Å²) >= 11 is 0. The number of aryl methyl sites for hydroxylation is 2. The van der Waals surface area contributed by atoms with E-state index in [9.17, 15) is 13.2 Å². The maximum Gasteiger partial charge on any atom is 0.251 e. The second-order valence-electron chi connectivity index (χ2n) is 7.72. The van der Waals surface area contributed by atoms with Crippen molar-refractivity contribution in [2.24, 2.45) is 0 Å². The topological polar surface area (TPSA) is 66.5 Å². The molecule has 4 rings (SSSR count). The SMILES string of the molecule is CC(NC(=O)c1cccc(N2CCCS2(=O)=O)c1)c1ccc2c(c1)CCCC2. The summed E-state index contributed by atoms with van der Waals surface area (Å²) in [5.74, 6) is -0.0256. The molecule has 6 heteroatoms. The van der Waals surface area contributed by atoms with E-state index in [1.54, 1.807) is 24.3 Å². The Kier molecular flexibility index (Phi) is 5.15. The fraction of sp³-hybridized carbons (Fsp3) is 0.409. The predicted molar refractivity (Wildman–Crippen MR) is 111 cm³/mol. The van der Waals surface area contributed by atoms with E-state index in [4.69, 9.17) is 0 Å². The molecule has 1 aliphatic heterocycles. The van der Waals surface area contributed by atoms with Crippen LogP contribution in [0.15, 0.2) is 42.5 Å². The molecule has 1 unspecified atom stereocenters. The van der Waals surface area contributed by atoms with Crippen molar-refractivity contribution in [3.8, 4) is 0 Å². The highest BCUT2D eigenvalue weighted by molar-refractivity contribution is 7.93. The standard InChI is InChI=1S/C22H26N2O3S/c1-16(18-11-10-17-6-2-3-7-19(17)14-18)23-22(25)20-8-4-9-21(15-20)24-12-5-13-28(24,26)27/h4,8-11,14-16H,2-3,5-7,12-13H2,1H3,(H,23,25). The van der Waals surface area contributed by atoms with E-state index in [0.29, 0.717) is 24.2 Å². The highest BCUT2D eigenvalue weighted by Gasteiger charge is 2.28. The third kappa shape index (κ3) is 3.78. The van der Waals surface area contributed by atoms with Gasteiger partial charge in [-0.1, -0.05) is 24.3 Å². The third-order valence-corrected chi connectivity index (χ3v) is 7.59. The summed E-state index contributed by atoms with van der Waals surface area (Å²) in [5, 5.41) is 3.05. The van der Waals surface area contributed by atoms with Gasteiger partial charge in [0.15, 0.2) is 0 Å². The van der Waals surface area contributed by atoms with Gasteiger partial charge in [-0.05, 0) is 73.9 Å². The molecule has 0 saturated carbocycles. The fourth-order valence-electron chi connectivity index (χ4n) is 4.12. The molecule has 1 atom stereocenters. The van der Waals surface area contributed by atoms with Crippen LogP contribution in [0.1, 0.15) is 59.3 Å². The maximum absolute atomic E-state index is 12.8. The first-order valence-electron chi connectivity index (χ1n) is 9.97. The molecule has 5 nitrogen and oxygen atoms in total. The molecule has 0 spiro atoms. The van der Waals surface area contributed by atoms with Crippen LogP contribution in [-0.4, -0.2) is 26.6 Å². The Balaban J connectivity index is 1.50. The Morgan fingerprint density at radius 3 is 2.57 bits per heavy atom. The van der Waals surface area contributed by atoms with Crippen LogP contribution in [0.5, 0.6) is 0 Å². The number of hydrogen-bond donors (Lipinski definition) is 1. The van der Waals surface area contributed by atoms with Gasteiger partial charge in [0.2, 0.25) is 10.0 Å². The molecule has 1 heterocycles. The summed E-state index contributed by atoms with van der Waals surface area (Å²) in [4.78, 5) is 12.8. The maximum atomic E-state index is 12.8. The number of anilines is 1. The van der Waals surface area contributed by atoms with E-state index in [-0.39, 0.29) is 17.7 Å². The lowest BCUT2D eigenvalue weighted by atomic mass is 9.89. The monoisotopic (exact) mass is 398 g/mol. The Morgan fingerprint density at radius 2 is 1.82 bits per heavy atom. The van der Waals surface area contributed by atoms with Gasteiger partial charge < -0.3 is 5.32 Å². The van der Waals surface area contributed by atoms with E-state index in [0.717, 1.165) is 18.4 Å². The Morgan fingerprint density at radius 1 is 1.04 bits per heavy atom. The van der Waals surface area contributed by atoms with Crippen LogP contribution in [-0.2, 0) is 22.9 Å². The van der Waals surface area contributed by atoms with Gasteiger partial charge in [0, 0.05) is 12.1 Å². The van der Waals surface area contributed by atoms with E-state index < -0.39 is 10.0 Å². The summed E-state index contributed by atoms with van der Waals surface area (Å²) in [6.07, 6.45) is 5.35. The first kappa shape index (κ1) is 19.0. The molecule has 1 amide bonds. The summed E-state index contributed by atoms with van der Waals surface area (Å²) in [7, 11) is -3.26. The molecule has 0 bridgehead atoms. The Labute approximate surface area is 166 Å². The number of fused-ring (bicyclic) bond motifs is 1. The van der Waals surface area contributed by atoms with Crippen LogP contribution in [0, 0.1) is 0 Å². The van der Waals surface area contributed by atoms with Gasteiger partial charge in [-0.15, -0.1) is 0 Å². The summed E-state index contributed by atoms with van der Waals surface area (Å²) in [6.45, 7) is 2.45. The number of sulfonamides is 1. The summed E-state index contributed by atoms with van der Waals surface area (Å²) in [5.41, 5.74) is 4.96. The van der Waals surface area contributed by atoms with Crippen LogP contribution in [0.3, 0.4) is 0 Å². The number of benzene rings is 2. The van der Waals surface area contributed by atoms with Crippen molar-refractivity contribution in [3.63, 3.8) is 0 Å². The largest absolute Gasteiger partial charge is 0.346 e. The van der Waals surface area contributed by atoms with Gasteiger partial charge in [-0.2, -0.15) is 0 Å². The molecule has 1 saturated heterocycles. The van der Waals surface area contributed by atoms with Crippen molar-refractivity contribution >= 4 is 21.6 Å². The summed E-state index contributed by atoms with van der Waals surface area (Å²) < 4.78 is 25.7. The number of hydrogen-bond acceptors (Lipinski definition) is 3. The molecule has 28 heavy (non-hydrogen) atoms. The molecule has 2 aromatic rings. The lowest BCUT2D eigenvalue weighted by Crippen LogP contribution is -2.28. The highest BCUT2D eigenvalue weighted by atomic mass is 32.2. The minimum Gasteiger partial charge on any atom is -0.346 e. The molecule has 0 aromatic heterocycles. The molecule has 1 fully saturated rings. The predicted octanol–water partition coefficient (Wildman–Crippen LogP) is 3.60. The molecular weight excluding hydrogens is 372 g/mol. The third-order valence-electron chi connectivity index (χ3n) is 5.72. The molecule has 0 radical (unpaired) electrons. The van der Waals surface area contributed by atoms with Crippen LogP contribution >= 0.6 is 0 Å². The zero-order valence-corrected chi connectivity index (χ0v) is 17.0. The van der Waals surface area contributed by atoms with Gasteiger partial charge in [-0.3, -0.25) is 9.10 Å². The van der Waals surface area contributed by atoms with Crippen molar-refractivity contribution < 1.29 is 13.2 Å². The second-order valence-corrected chi connectivity index (χ2v) is 9.74. The van der Waals surface area contributed by atoms with E-state index in [1.165, 1.54) is 28.3 Å². The van der Waals surface area contributed by atoms with Gasteiger partial charge in [0.05, 0.1) is 17.5 Å². The van der Waals surface area contributed by atoms with Crippen molar-refractivity contribution in [2.45, 2.75) is 45.1 Å². The first-order valence-corrected chi connectivity index (χ1v) is 11.6. The average molecular weight is 399 g/mol. The van der Waals surface area contributed by atoms with E-state index >= 15 is 0 Å². The normalized spacial score (nSPS) is 19.1. The van der Waals surface area contributed by atoms with Gasteiger partial charge in [0.1, 0.15) is 0 Å². The number of rotatable bonds is 4. The van der Waals surface area contributed by atoms with Crippen molar-refractivity contribution in [1.29, 1.82) is 0 Å². The molecule has 148 valence electrons. The number of nitrogens with zero attached hydrogens (tertiary/aromatic N) is 1. The van der Waals surface area contributed by atoms with Gasteiger partial charge in [0.25, 0.3) is 5.91 Å². The number of carbonyl (C=O) groups is 1. The number of carbonyl (C=O) groups excluding carboxylic acids is 1. The van der Waals surface area contributed by atoms with Crippen molar-refractivity contribution in [2.75, 3.05) is 16.6 Å². The van der Waals surface area contributed by atoms with Crippen LogP contribution in [0.2, 0.25) is 0 Å². The summed E-state index contributed by atoms with van der Waals surface area (Å²) in [6, 6.07) is 13.3. The highest BCUT2D eigenvalue weighted by Crippen LogP contribution is 2.26. The van der Waals surface area contributed by atoms with Crippen LogP contribution < -0.4 is 9.62 Å². The van der Waals surface area contributed by atoms with Crippen molar-refractivity contribution in [3.05, 3.63) is 64.7 Å². The average Bonchev–Trinajstić information content (AvgIpc) is 3.06. The number of amides is 1. The Bertz CT molecular complexity index is 1000. The molecular formula is C22H26N2O3S. The quantitative estimate of drug-likeness (QED) is 0.856. The van der Waals surface area contributed by atoms with Crippen LogP contribution in [0.25, 0.3) is 0 Å². The zero-order valence-electron chi connectivity index (χ0n) is 16.1. The number of nitrogens with one attached hydrogen (secondary N) is 1.